The molecule has 0 heterocycles. The van der Waals surface area contributed by atoms with Crippen LogP contribution in [0.1, 0.15) is 117 Å². The van der Waals surface area contributed by atoms with Crippen LogP contribution in [-0.4, -0.2) is 33.5 Å². The number of nitriles is 1. The maximum atomic E-state index is 10.2. The first-order valence-corrected chi connectivity index (χ1v) is 16.3. The fraction of sp³-hybridized carbons (Fsp3) is 0.500. The highest BCUT2D eigenvalue weighted by atomic mass is 16.5. The Morgan fingerprint density at radius 2 is 1.31 bits per heavy atom. The molecule has 0 saturated heterocycles. The molecule has 0 saturated carbocycles. The lowest BCUT2D eigenvalue weighted by Gasteiger charge is -2.18. The molecule has 0 aromatic heterocycles. The lowest BCUT2D eigenvalue weighted by atomic mass is 10.0. The molecule has 2 aromatic rings. The van der Waals surface area contributed by atoms with E-state index >= 15 is 0 Å². The van der Waals surface area contributed by atoms with Crippen molar-refractivity contribution in [1.82, 2.24) is 0 Å². The van der Waals surface area contributed by atoms with Gasteiger partial charge in [-0.15, -0.1) is 25.7 Å². The van der Waals surface area contributed by atoms with Gasteiger partial charge in [0.2, 0.25) is 0 Å². The number of rotatable bonds is 23. The van der Waals surface area contributed by atoms with E-state index in [1.54, 1.807) is 13.2 Å². The summed E-state index contributed by atoms with van der Waals surface area (Å²) in [7, 11) is 1.64. The first-order chi connectivity index (χ1) is 22.6. The Labute approximate surface area is 294 Å². The standard InChI is InChI=1S/C36H51NO5.2C2H2.2CH4/c1-6-10-12-14-16-23-40-34-21-18-29(26-35(34)41-24-17-15-13-11-7-2)31(27-37)25-30-19-20-33(39-9-4)32(28-38-5)36(30)42-22-8-3;2*1-2;;/h8,18-21,25-26H,3,6-7,9-17,22-24,28H2,1-2,4-5H3;2*1-2H;2*1H4/b31-25-;;;;. The first kappa shape index (κ1) is 48.1. The highest BCUT2D eigenvalue weighted by Crippen LogP contribution is 2.37. The summed E-state index contributed by atoms with van der Waals surface area (Å²) in [6, 6.07) is 11.9. The zero-order chi connectivity index (χ0) is 34.4. The van der Waals surface area contributed by atoms with Gasteiger partial charge in [-0.3, -0.25) is 0 Å². The third-order valence-corrected chi connectivity index (χ3v) is 6.87. The Morgan fingerprint density at radius 3 is 1.83 bits per heavy atom. The van der Waals surface area contributed by atoms with Gasteiger partial charge in [0, 0.05) is 12.7 Å². The van der Waals surface area contributed by atoms with Crippen LogP contribution in [0.15, 0.2) is 43.0 Å². The Morgan fingerprint density at radius 1 is 0.750 bits per heavy atom. The molecule has 2 aromatic carbocycles. The van der Waals surface area contributed by atoms with E-state index in [1.807, 2.05) is 43.3 Å². The molecular formula is C42H63NO5. The van der Waals surface area contributed by atoms with Gasteiger partial charge in [-0.1, -0.05) is 92.7 Å². The van der Waals surface area contributed by atoms with E-state index in [9.17, 15) is 5.26 Å². The number of ether oxygens (including phenoxy) is 5. The SMILES string of the molecule is C.C.C#C.C#C.C=CCOc1c(/C=C(/C#N)c2ccc(OCCCCCCC)c(OCCCCCCC)c2)ccc(OCC)c1COC. The predicted molar refractivity (Wildman–Crippen MR) is 206 cm³/mol. The van der Waals surface area contributed by atoms with Gasteiger partial charge in [-0.05, 0) is 61.7 Å². The molecule has 2 rings (SSSR count). The lowest BCUT2D eigenvalue weighted by molar-refractivity contribution is 0.175. The molecule has 6 heteroatoms. The first-order valence-electron chi connectivity index (χ1n) is 16.3. The second-order valence-corrected chi connectivity index (χ2v) is 10.3. The third-order valence-electron chi connectivity index (χ3n) is 6.87. The topological polar surface area (TPSA) is 69.9 Å². The molecule has 266 valence electrons. The molecule has 0 unspecified atom stereocenters. The van der Waals surface area contributed by atoms with E-state index in [1.165, 1.54) is 38.5 Å². The molecule has 0 N–H and O–H groups in total. The number of unbranched alkanes of at least 4 members (excludes halogenated alkanes) is 8. The van der Waals surface area contributed by atoms with Gasteiger partial charge in [-0.2, -0.15) is 5.26 Å². The van der Waals surface area contributed by atoms with Crippen molar-refractivity contribution in [2.24, 2.45) is 0 Å². The van der Waals surface area contributed by atoms with Crippen LogP contribution in [0.2, 0.25) is 0 Å². The molecule has 0 radical (unpaired) electrons. The van der Waals surface area contributed by atoms with Gasteiger partial charge in [0.25, 0.3) is 0 Å². The summed E-state index contributed by atoms with van der Waals surface area (Å²) in [5.74, 6) is 2.70. The second kappa shape index (κ2) is 32.6. The molecule has 0 aliphatic heterocycles. The van der Waals surface area contributed by atoms with Gasteiger partial charge in [0.05, 0.1) is 43.6 Å². The van der Waals surface area contributed by atoms with Crippen LogP contribution >= 0.6 is 0 Å². The summed E-state index contributed by atoms with van der Waals surface area (Å²) in [4.78, 5) is 0. The van der Waals surface area contributed by atoms with E-state index in [2.05, 4.69) is 52.2 Å². The van der Waals surface area contributed by atoms with E-state index < -0.39 is 0 Å². The minimum Gasteiger partial charge on any atom is -0.493 e. The van der Waals surface area contributed by atoms with E-state index in [0.29, 0.717) is 55.9 Å². The lowest BCUT2D eigenvalue weighted by Crippen LogP contribution is -2.05. The largest absolute Gasteiger partial charge is 0.493 e. The van der Waals surface area contributed by atoms with Gasteiger partial charge in [-0.25, -0.2) is 0 Å². The monoisotopic (exact) mass is 661 g/mol. The van der Waals surface area contributed by atoms with Crippen LogP contribution < -0.4 is 18.9 Å². The average Bonchev–Trinajstić information content (AvgIpc) is 3.09. The average molecular weight is 662 g/mol. The van der Waals surface area contributed by atoms with Crippen molar-refractivity contribution in [1.29, 1.82) is 5.26 Å². The summed E-state index contributed by atoms with van der Waals surface area (Å²) in [6.45, 7) is 12.6. The number of allylic oxidation sites excluding steroid dienone is 1. The van der Waals surface area contributed by atoms with Gasteiger partial charge >= 0.3 is 0 Å². The minimum absolute atomic E-state index is 0. The van der Waals surface area contributed by atoms with Gasteiger partial charge < -0.3 is 23.7 Å². The third kappa shape index (κ3) is 18.1. The maximum Gasteiger partial charge on any atom is 0.161 e. The Kier molecular flexibility index (Phi) is 32.7. The van der Waals surface area contributed by atoms with Crippen molar-refractivity contribution in [3.05, 3.63) is 59.7 Å². The summed E-state index contributed by atoms with van der Waals surface area (Å²) in [6.07, 6.45) is 31.2. The van der Waals surface area contributed by atoms with Crippen molar-refractivity contribution >= 4 is 11.6 Å². The maximum absolute atomic E-state index is 10.2. The summed E-state index contributed by atoms with van der Waals surface area (Å²) in [5.41, 5.74) is 2.80. The molecule has 0 fully saturated rings. The predicted octanol–water partition coefficient (Wildman–Crippen LogP) is 11.3. The molecule has 0 spiro atoms. The second-order valence-electron chi connectivity index (χ2n) is 10.3. The van der Waals surface area contributed by atoms with Crippen LogP contribution in [0.4, 0.5) is 0 Å². The van der Waals surface area contributed by atoms with Crippen molar-refractivity contribution in [2.45, 2.75) is 106 Å². The van der Waals surface area contributed by atoms with Crippen LogP contribution in [0.3, 0.4) is 0 Å². The number of nitrogens with zero attached hydrogens (tertiary/aromatic N) is 1. The summed E-state index contributed by atoms with van der Waals surface area (Å²) < 4.78 is 29.8. The van der Waals surface area contributed by atoms with E-state index in [4.69, 9.17) is 23.7 Å². The van der Waals surface area contributed by atoms with Crippen molar-refractivity contribution in [3.8, 4) is 54.8 Å². The number of hydrogen-bond acceptors (Lipinski definition) is 6. The summed E-state index contributed by atoms with van der Waals surface area (Å²) in [5, 5.41) is 10.2. The van der Waals surface area contributed by atoms with Crippen LogP contribution in [0.25, 0.3) is 11.6 Å². The summed E-state index contributed by atoms with van der Waals surface area (Å²) >= 11 is 0. The van der Waals surface area contributed by atoms with E-state index in [-0.39, 0.29) is 14.9 Å². The van der Waals surface area contributed by atoms with Crippen molar-refractivity contribution in [3.63, 3.8) is 0 Å². The molecule has 48 heavy (non-hydrogen) atoms. The molecule has 0 amide bonds. The van der Waals surface area contributed by atoms with Crippen LogP contribution in [0.5, 0.6) is 23.0 Å². The van der Waals surface area contributed by atoms with Crippen molar-refractivity contribution < 1.29 is 23.7 Å². The fourth-order valence-corrected chi connectivity index (χ4v) is 4.64. The molecular weight excluding hydrogens is 598 g/mol. The highest BCUT2D eigenvalue weighted by molar-refractivity contribution is 5.91. The van der Waals surface area contributed by atoms with Gasteiger partial charge in [0.15, 0.2) is 11.5 Å². The molecule has 0 atom stereocenters. The number of terminal acetylenes is 2. The van der Waals surface area contributed by atoms with Crippen LogP contribution in [0, 0.1) is 37.0 Å². The Bertz CT molecular complexity index is 1220. The number of methoxy groups -OCH3 is 1. The number of hydrogen-bond donors (Lipinski definition) is 0. The molecule has 0 bridgehead atoms. The highest BCUT2D eigenvalue weighted by Gasteiger charge is 2.17. The zero-order valence-electron chi connectivity index (χ0n) is 28.7. The van der Waals surface area contributed by atoms with Crippen LogP contribution in [-0.2, 0) is 11.3 Å². The Hall–Kier alpha value is -4.31. The quantitative estimate of drug-likeness (QED) is 0.0388. The fourth-order valence-electron chi connectivity index (χ4n) is 4.64. The van der Waals surface area contributed by atoms with Crippen molar-refractivity contribution in [2.75, 3.05) is 33.5 Å². The molecule has 6 nitrogen and oxygen atoms in total. The molecule has 0 aliphatic carbocycles. The Balaban J connectivity index is -0.00000324. The number of benzene rings is 2. The van der Waals surface area contributed by atoms with E-state index in [0.717, 1.165) is 48.1 Å². The normalized spacial score (nSPS) is 9.85. The zero-order valence-corrected chi connectivity index (χ0v) is 28.7. The smallest absolute Gasteiger partial charge is 0.161 e. The van der Waals surface area contributed by atoms with Gasteiger partial charge in [0.1, 0.15) is 18.1 Å². The molecule has 0 aliphatic rings. The minimum atomic E-state index is 0.